The van der Waals surface area contributed by atoms with Gasteiger partial charge in [0.15, 0.2) is 0 Å². The quantitative estimate of drug-likeness (QED) is 0.666. The van der Waals surface area contributed by atoms with Crippen molar-refractivity contribution in [1.29, 1.82) is 0 Å². The summed E-state index contributed by atoms with van der Waals surface area (Å²) >= 11 is 0. The molecule has 0 unspecified atom stereocenters. The smallest absolute Gasteiger partial charge is 0.326 e. The first-order chi connectivity index (χ1) is 12.5. The van der Waals surface area contributed by atoms with E-state index in [0.717, 1.165) is 4.90 Å². The van der Waals surface area contributed by atoms with E-state index in [-0.39, 0.29) is 5.91 Å². The zero-order valence-electron chi connectivity index (χ0n) is 14.3. The van der Waals surface area contributed by atoms with Gasteiger partial charge in [-0.05, 0) is 31.2 Å². The second kappa shape index (κ2) is 5.81. The number of hydrogen-bond donors (Lipinski definition) is 1. The van der Waals surface area contributed by atoms with Gasteiger partial charge in [-0.1, -0.05) is 18.2 Å². The second-order valence-electron chi connectivity index (χ2n) is 6.68. The summed E-state index contributed by atoms with van der Waals surface area (Å²) in [6.45, 7) is 1.60. The highest BCUT2D eigenvalue weighted by Crippen LogP contribution is 2.49. The Labute approximate surface area is 149 Å². The van der Waals surface area contributed by atoms with Gasteiger partial charge in [-0.3, -0.25) is 19.7 Å². The number of furan rings is 1. The van der Waals surface area contributed by atoms with Crippen LogP contribution in [-0.2, 0) is 19.1 Å². The van der Waals surface area contributed by atoms with Crippen LogP contribution >= 0.6 is 0 Å². The van der Waals surface area contributed by atoms with Crippen molar-refractivity contribution in [1.82, 2.24) is 5.32 Å². The summed E-state index contributed by atoms with van der Waals surface area (Å²) in [5.41, 5.74) is -0.838. The van der Waals surface area contributed by atoms with Crippen LogP contribution in [0.15, 0.2) is 53.1 Å². The van der Waals surface area contributed by atoms with E-state index in [1.807, 2.05) is 0 Å². The van der Waals surface area contributed by atoms with Gasteiger partial charge in [-0.25, -0.2) is 4.90 Å². The van der Waals surface area contributed by atoms with Crippen LogP contribution in [0, 0.1) is 11.8 Å². The normalized spacial score (nSPS) is 30.5. The van der Waals surface area contributed by atoms with Crippen LogP contribution in [0.1, 0.15) is 18.7 Å². The molecule has 0 radical (unpaired) electrons. The van der Waals surface area contributed by atoms with Crippen molar-refractivity contribution in [3.63, 3.8) is 0 Å². The number of rotatable bonds is 3. The molecule has 7 heteroatoms. The number of imide groups is 1. The molecule has 1 N–H and O–H groups in total. The highest BCUT2D eigenvalue weighted by Gasteiger charge is 2.67. The van der Waals surface area contributed by atoms with Crippen molar-refractivity contribution >= 4 is 23.5 Å². The lowest BCUT2D eigenvalue weighted by Gasteiger charge is -2.28. The molecule has 26 heavy (non-hydrogen) atoms. The van der Waals surface area contributed by atoms with E-state index in [0.29, 0.717) is 11.4 Å². The Morgan fingerprint density at radius 3 is 2.50 bits per heavy atom. The summed E-state index contributed by atoms with van der Waals surface area (Å²) in [6.07, 6.45) is 1.50. The van der Waals surface area contributed by atoms with Crippen LogP contribution in [0.2, 0.25) is 0 Å². The van der Waals surface area contributed by atoms with E-state index < -0.39 is 35.3 Å². The molecule has 2 fully saturated rings. The SMILES string of the molecule is COC(=O)[C@@]1(C)N[C@@H](c2ccco2)[C@H]2C(=O)N(c3ccccc3)C(=O)[C@H]21. The van der Waals surface area contributed by atoms with Gasteiger partial charge >= 0.3 is 5.97 Å². The van der Waals surface area contributed by atoms with Crippen LogP contribution in [0.5, 0.6) is 0 Å². The highest BCUT2D eigenvalue weighted by molar-refractivity contribution is 6.24. The van der Waals surface area contributed by atoms with Crippen molar-refractivity contribution in [2.24, 2.45) is 11.8 Å². The van der Waals surface area contributed by atoms with E-state index in [4.69, 9.17) is 9.15 Å². The fourth-order valence-electron chi connectivity index (χ4n) is 4.08. The Hall–Kier alpha value is -2.93. The van der Waals surface area contributed by atoms with Crippen LogP contribution in [-0.4, -0.2) is 30.4 Å². The fraction of sp³-hybridized carbons (Fsp3) is 0.316. The van der Waals surface area contributed by atoms with Crippen LogP contribution < -0.4 is 10.2 Å². The van der Waals surface area contributed by atoms with Crippen LogP contribution in [0.4, 0.5) is 5.69 Å². The van der Waals surface area contributed by atoms with Crippen LogP contribution in [0.3, 0.4) is 0 Å². The monoisotopic (exact) mass is 354 g/mol. The number of benzene rings is 1. The molecular weight excluding hydrogens is 336 g/mol. The minimum absolute atomic E-state index is 0.354. The summed E-state index contributed by atoms with van der Waals surface area (Å²) in [6, 6.07) is 11.5. The summed E-state index contributed by atoms with van der Waals surface area (Å²) in [5.74, 6) is -2.48. The van der Waals surface area contributed by atoms with Crippen molar-refractivity contribution in [2.75, 3.05) is 12.0 Å². The minimum atomic E-state index is -1.33. The molecule has 4 rings (SSSR count). The molecule has 134 valence electrons. The van der Waals surface area contributed by atoms with E-state index in [1.54, 1.807) is 49.4 Å². The molecule has 4 atom stereocenters. The second-order valence-corrected chi connectivity index (χ2v) is 6.68. The Morgan fingerprint density at radius 2 is 1.88 bits per heavy atom. The summed E-state index contributed by atoms with van der Waals surface area (Å²) < 4.78 is 10.4. The predicted octanol–water partition coefficient (Wildman–Crippen LogP) is 1.66. The lowest BCUT2D eigenvalue weighted by atomic mass is 9.81. The van der Waals surface area contributed by atoms with Gasteiger partial charge in [-0.2, -0.15) is 0 Å². The molecule has 2 aliphatic rings. The third-order valence-corrected chi connectivity index (χ3v) is 5.26. The number of nitrogens with one attached hydrogen (secondary N) is 1. The lowest BCUT2D eigenvalue weighted by molar-refractivity contribution is -0.151. The van der Waals surface area contributed by atoms with Crippen molar-refractivity contribution in [2.45, 2.75) is 18.5 Å². The molecule has 0 spiro atoms. The molecule has 1 aromatic carbocycles. The Bertz CT molecular complexity index is 863. The minimum Gasteiger partial charge on any atom is -0.468 e. The first kappa shape index (κ1) is 16.5. The summed E-state index contributed by atoms with van der Waals surface area (Å²) in [7, 11) is 1.26. The van der Waals surface area contributed by atoms with Gasteiger partial charge in [0, 0.05) is 0 Å². The maximum atomic E-state index is 13.2. The predicted molar refractivity (Wildman–Crippen MR) is 90.9 cm³/mol. The molecule has 3 heterocycles. The van der Waals surface area contributed by atoms with Gasteiger partial charge in [0.2, 0.25) is 11.8 Å². The van der Waals surface area contributed by atoms with E-state index in [1.165, 1.54) is 13.4 Å². The van der Waals surface area contributed by atoms with Crippen molar-refractivity contribution < 1.29 is 23.5 Å². The standard InChI is InChI=1S/C19H18N2O5/c1-19(18(24)25-2)14-13(15(20-19)12-9-6-10-26-12)16(22)21(17(14)23)11-7-4-3-5-8-11/h3-10,13-15,20H,1-2H3/t13-,14-,15-,19-/m0/s1. The van der Waals surface area contributed by atoms with Gasteiger partial charge in [-0.15, -0.1) is 0 Å². The number of para-hydroxylation sites is 1. The topological polar surface area (TPSA) is 88.8 Å². The molecule has 2 aliphatic heterocycles. The number of fused-ring (bicyclic) bond motifs is 1. The molecule has 0 bridgehead atoms. The molecule has 7 nitrogen and oxygen atoms in total. The number of anilines is 1. The zero-order valence-corrected chi connectivity index (χ0v) is 14.3. The number of ether oxygens (including phenoxy) is 1. The Morgan fingerprint density at radius 1 is 1.15 bits per heavy atom. The number of amides is 2. The molecule has 2 saturated heterocycles. The van der Waals surface area contributed by atoms with E-state index in [2.05, 4.69) is 5.32 Å². The third kappa shape index (κ3) is 2.13. The zero-order chi connectivity index (χ0) is 18.5. The van der Waals surface area contributed by atoms with Gasteiger partial charge in [0.25, 0.3) is 0 Å². The number of carbonyl (C=O) groups is 3. The number of hydrogen-bond acceptors (Lipinski definition) is 6. The molecule has 1 aromatic heterocycles. The first-order valence-electron chi connectivity index (χ1n) is 8.31. The highest BCUT2D eigenvalue weighted by atomic mass is 16.5. The van der Waals surface area contributed by atoms with Crippen LogP contribution in [0.25, 0.3) is 0 Å². The molecule has 0 saturated carbocycles. The molecule has 2 aromatic rings. The number of esters is 1. The maximum Gasteiger partial charge on any atom is 0.326 e. The largest absolute Gasteiger partial charge is 0.468 e. The fourth-order valence-corrected chi connectivity index (χ4v) is 4.08. The molecule has 0 aliphatic carbocycles. The van der Waals surface area contributed by atoms with Gasteiger partial charge < -0.3 is 9.15 Å². The third-order valence-electron chi connectivity index (χ3n) is 5.26. The lowest BCUT2D eigenvalue weighted by Crippen LogP contribution is -2.54. The number of carbonyl (C=O) groups excluding carboxylic acids is 3. The average molecular weight is 354 g/mol. The van der Waals surface area contributed by atoms with E-state index in [9.17, 15) is 14.4 Å². The average Bonchev–Trinajstić information content (AvgIpc) is 3.33. The maximum absolute atomic E-state index is 13.2. The molecular formula is C19H18N2O5. The van der Waals surface area contributed by atoms with Crippen molar-refractivity contribution in [3.8, 4) is 0 Å². The number of methoxy groups -OCH3 is 1. The summed E-state index contributed by atoms with van der Waals surface area (Å²) in [5, 5.41) is 3.12. The summed E-state index contributed by atoms with van der Waals surface area (Å²) in [4.78, 5) is 40.0. The van der Waals surface area contributed by atoms with E-state index >= 15 is 0 Å². The number of nitrogens with zero attached hydrogens (tertiary/aromatic N) is 1. The van der Waals surface area contributed by atoms with Crippen molar-refractivity contribution in [3.05, 3.63) is 54.5 Å². The van der Waals surface area contributed by atoms with Gasteiger partial charge in [0.05, 0.1) is 36.9 Å². The molecule has 2 amide bonds. The Balaban J connectivity index is 1.83. The van der Waals surface area contributed by atoms with Gasteiger partial charge in [0.1, 0.15) is 11.3 Å². The Kier molecular flexibility index (Phi) is 3.69. The first-order valence-corrected chi connectivity index (χ1v) is 8.31.